The molecule has 5 atom stereocenters. The highest BCUT2D eigenvalue weighted by Crippen LogP contribution is 2.68. The first-order chi connectivity index (χ1) is 11.5. The molecule has 0 aromatic heterocycles. The summed E-state index contributed by atoms with van der Waals surface area (Å²) in [5.74, 6) is 2.33. The van der Waals surface area contributed by atoms with Gasteiger partial charge in [0.1, 0.15) is 0 Å². The molecule has 5 aliphatic rings. The Morgan fingerprint density at radius 3 is 2.50 bits per heavy atom. The van der Waals surface area contributed by atoms with Crippen LogP contribution < -0.4 is 0 Å². The van der Waals surface area contributed by atoms with Gasteiger partial charge in [-0.1, -0.05) is 19.4 Å². The Morgan fingerprint density at radius 1 is 0.958 bits per heavy atom. The molecule has 4 fully saturated rings. The number of carbonyl (C=O) groups excluding carboxylic acids is 1. The second kappa shape index (κ2) is 4.94. The van der Waals surface area contributed by atoms with E-state index in [4.69, 9.17) is 9.47 Å². The lowest BCUT2D eigenvalue weighted by molar-refractivity contribution is -0.242. The summed E-state index contributed by atoms with van der Waals surface area (Å²) in [5, 5.41) is 0. The van der Waals surface area contributed by atoms with Crippen molar-refractivity contribution < 1.29 is 14.3 Å². The van der Waals surface area contributed by atoms with Crippen molar-refractivity contribution in [1.29, 1.82) is 0 Å². The summed E-state index contributed by atoms with van der Waals surface area (Å²) < 4.78 is 12.4. The normalized spacial score (nSPS) is 49.5. The van der Waals surface area contributed by atoms with Crippen LogP contribution >= 0.6 is 0 Å². The van der Waals surface area contributed by atoms with Gasteiger partial charge in [-0.2, -0.15) is 0 Å². The maximum Gasteiger partial charge on any atom is 0.174 e. The molecular weight excluding hydrogens is 300 g/mol. The molecule has 0 aromatic carbocycles. The van der Waals surface area contributed by atoms with Crippen molar-refractivity contribution in [2.75, 3.05) is 13.2 Å². The van der Waals surface area contributed by atoms with Crippen LogP contribution in [-0.2, 0) is 14.3 Å². The van der Waals surface area contributed by atoms with Crippen molar-refractivity contribution in [1.82, 2.24) is 0 Å². The average molecular weight is 330 g/mol. The van der Waals surface area contributed by atoms with Crippen molar-refractivity contribution in [3.63, 3.8) is 0 Å². The number of ether oxygens (including phenoxy) is 2. The first kappa shape index (κ1) is 15.6. The average Bonchev–Trinajstić information content (AvgIpc) is 3.15. The highest BCUT2D eigenvalue weighted by molar-refractivity contribution is 5.91. The van der Waals surface area contributed by atoms with E-state index in [9.17, 15) is 4.79 Å². The molecule has 0 aromatic rings. The Bertz CT molecular complexity index is 602. The number of rotatable bonds is 0. The van der Waals surface area contributed by atoms with E-state index < -0.39 is 0 Å². The van der Waals surface area contributed by atoms with Gasteiger partial charge >= 0.3 is 0 Å². The van der Waals surface area contributed by atoms with E-state index in [-0.39, 0.29) is 16.6 Å². The number of hydrogen-bond acceptors (Lipinski definition) is 3. The lowest BCUT2D eigenvalue weighted by Gasteiger charge is -2.58. The molecule has 4 aliphatic carbocycles. The summed E-state index contributed by atoms with van der Waals surface area (Å²) in [6, 6.07) is 0. The zero-order chi connectivity index (χ0) is 16.6. The van der Waals surface area contributed by atoms with Gasteiger partial charge in [0, 0.05) is 18.3 Å². The molecule has 1 aliphatic heterocycles. The van der Waals surface area contributed by atoms with E-state index in [0.717, 1.165) is 56.7 Å². The minimum Gasteiger partial charge on any atom is -0.347 e. The molecule has 3 nitrogen and oxygen atoms in total. The number of hydrogen-bond donors (Lipinski definition) is 0. The summed E-state index contributed by atoms with van der Waals surface area (Å²) >= 11 is 0. The molecule has 0 radical (unpaired) electrons. The van der Waals surface area contributed by atoms with Crippen LogP contribution in [0.1, 0.15) is 65.2 Å². The maximum atomic E-state index is 11.9. The largest absolute Gasteiger partial charge is 0.347 e. The molecule has 5 unspecified atom stereocenters. The molecule has 0 bridgehead atoms. The summed E-state index contributed by atoms with van der Waals surface area (Å²) in [7, 11) is 0. The fourth-order valence-corrected chi connectivity index (χ4v) is 7.44. The van der Waals surface area contributed by atoms with Crippen LogP contribution in [0.4, 0.5) is 0 Å². The van der Waals surface area contributed by atoms with Crippen LogP contribution in [0.25, 0.3) is 0 Å². The quantitative estimate of drug-likeness (QED) is 0.666. The Labute approximate surface area is 145 Å². The van der Waals surface area contributed by atoms with Gasteiger partial charge in [0.05, 0.1) is 13.2 Å². The molecule has 3 heteroatoms. The summed E-state index contributed by atoms with van der Waals surface area (Å²) in [6.45, 7) is 6.44. The molecule has 24 heavy (non-hydrogen) atoms. The third kappa shape index (κ3) is 1.78. The predicted octanol–water partition coefficient (Wildman–Crippen LogP) is 4.26. The Morgan fingerprint density at radius 2 is 1.71 bits per heavy atom. The number of carbonyl (C=O) groups is 1. The molecule has 132 valence electrons. The summed E-state index contributed by atoms with van der Waals surface area (Å²) in [6.07, 6.45) is 11.0. The second-order valence-electron chi connectivity index (χ2n) is 9.41. The first-order valence-electron chi connectivity index (χ1n) is 10.0. The first-order valence-corrected chi connectivity index (χ1v) is 10.0. The van der Waals surface area contributed by atoms with Crippen molar-refractivity contribution >= 4 is 5.78 Å². The molecule has 1 saturated heterocycles. The van der Waals surface area contributed by atoms with E-state index in [2.05, 4.69) is 13.8 Å². The Balaban J connectivity index is 1.49. The highest BCUT2D eigenvalue weighted by atomic mass is 16.7. The van der Waals surface area contributed by atoms with Crippen LogP contribution in [-0.4, -0.2) is 24.8 Å². The van der Waals surface area contributed by atoms with Gasteiger partial charge in [-0.15, -0.1) is 0 Å². The van der Waals surface area contributed by atoms with Gasteiger partial charge in [0.2, 0.25) is 0 Å². The van der Waals surface area contributed by atoms with E-state index in [0.29, 0.717) is 5.78 Å². The summed E-state index contributed by atoms with van der Waals surface area (Å²) in [5.41, 5.74) is 1.92. The van der Waals surface area contributed by atoms with Gasteiger partial charge in [-0.3, -0.25) is 4.79 Å². The second-order valence-corrected chi connectivity index (χ2v) is 9.41. The van der Waals surface area contributed by atoms with Crippen molar-refractivity contribution in [3.8, 4) is 0 Å². The van der Waals surface area contributed by atoms with Gasteiger partial charge < -0.3 is 9.47 Å². The van der Waals surface area contributed by atoms with Gasteiger partial charge in [-0.05, 0) is 67.8 Å². The molecule has 1 spiro atoms. The summed E-state index contributed by atoms with van der Waals surface area (Å²) in [4.78, 5) is 11.9. The van der Waals surface area contributed by atoms with Crippen LogP contribution in [0.2, 0.25) is 0 Å². The van der Waals surface area contributed by atoms with E-state index in [1.54, 1.807) is 0 Å². The van der Waals surface area contributed by atoms with Gasteiger partial charge in [0.25, 0.3) is 0 Å². The predicted molar refractivity (Wildman–Crippen MR) is 91.3 cm³/mol. The van der Waals surface area contributed by atoms with Crippen molar-refractivity contribution in [3.05, 3.63) is 11.6 Å². The van der Waals surface area contributed by atoms with E-state index in [1.807, 2.05) is 6.08 Å². The van der Waals surface area contributed by atoms with Crippen LogP contribution in [0.5, 0.6) is 0 Å². The monoisotopic (exact) mass is 330 g/mol. The van der Waals surface area contributed by atoms with E-state index >= 15 is 0 Å². The zero-order valence-electron chi connectivity index (χ0n) is 15.1. The third-order valence-electron chi connectivity index (χ3n) is 8.76. The molecule has 3 saturated carbocycles. The Kier molecular flexibility index (Phi) is 3.21. The number of fused-ring (bicyclic) bond motifs is 6. The molecule has 5 rings (SSSR count). The van der Waals surface area contributed by atoms with Crippen molar-refractivity contribution in [2.45, 2.75) is 71.0 Å². The fraction of sp³-hybridized carbons (Fsp3) is 0.857. The SMILES string of the molecule is CC12CCC(=O)C=C1CCC1C2CCC2(C)C1CCC21OCCO1. The van der Waals surface area contributed by atoms with Crippen LogP contribution in [0, 0.1) is 28.6 Å². The molecule has 0 amide bonds. The number of allylic oxidation sites excluding steroid dienone is 1. The maximum absolute atomic E-state index is 11.9. The smallest absolute Gasteiger partial charge is 0.174 e. The molecule has 0 N–H and O–H groups in total. The topological polar surface area (TPSA) is 35.5 Å². The Hall–Kier alpha value is -0.670. The third-order valence-corrected chi connectivity index (χ3v) is 8.76. The van der Waals surface area contributed by atoms with Crippen molar-refractivity contribution in [2.24, 2.45) is 28.6 Å². The molecule has 1 heterocycles. The molecular formula is C21H30O3. The van der Waals surface area contributed by atoms with Crippen LogP contribution in [0.15, 0.2) is 11.6 Å². The van der Waals surface area contributed by atoms with Gasteiger partial charge in [0.15, 0.2) is 11.6 Å². The number of ketones is 1. The zero-order valence-corrected chi connectivity index (χ0v) is 15.1. The fourth-order valence-electron chi connectivity index (χ4n) is 7.44. The standard InChI is InChI=1S/C21H30O3/c1-19-8-5-15(22)13-14(19)3-4-16-17(19)6-9-20(2)18(16)7-10-21(20)23-11-12-24-21/h13,16-18H,3-12H2,1-2H3. The van der Waals surface area contributed by atoms with Gasteiger partial charge in [-0.25, -0.2) is 0 Å². The minimum absolute atomic E-state index is 0.187. The highest BCUT2D eigenvalue weighted by Gasteiger charge is 2.66. The lowest BCUT2D eigenvalue weighted by atomic mass is 9.47. The lowest BCUT2D eigenvalue weighted by Crippen LogP contribution is -2.55. The van der Waals surface area contributed by atoms with E-state index in [1.165, 1.54) is 31.3 Å². The van der Waals surface area contributed by atoms with Crippen LogP contribution in [0.3, 0.4) is 0 Å². The minimum atomic E-state index is -0.289.